The SMILES string of the molecule is Cn1ccc(CN2CC3NCCCC3C2=O)n1. The van der Waals surface area contributed by atoms with E-state index in [1.165, 1.54) is 0 Å². The molecule has 2 atom stereocenters. The van der Waals surface area contributed by atoms with Crippen molar-refractivity contribution in [3.8, 4) is 0 Å². The number of piperidine rings is 1. The van der Waals surface area contributed by atoms with E-state index in [-0.39, 0.29) is 5.92 Å². The maximum Gasteiger partial charge on any atom is 0.227 e. The molecule has 2 saturated heterocycles. The van der Waals surface area contributed by atoms with Gasteiger partial charge in [-0.3, -0.25) is 9.48 Å². The number of hydrogen-bond acceptors (Lipinski definition) is 3. The molecular weight excluding hydrogens is 216 g/mol. The van der Waals surface area contributed by atoms with Crippen LogP contribution in [0.15, 0.2) is 12.3 Å². The monoisotopic (exact) mass is 234 g/mol. The van der Waals surface area contributed by atoms with Crippen molar-refractivity contribution in [3.63, 3.8) is 0 Å². The van der Waals surface area contributed by atoms with E-state index in [9.17, 15) is 4.79 Å². The predicted molar refractivity (Wildman–Crippen MR) is 63.1 cm³/mol. The third-order valence-electron chi connectivity index (χ3n) is 3.75. The molecule has 92 valence electrons. The third kappa shape index (κ3) is 1.95. The zero-order valence-corrected chi connectivity index (χ0v) is 10.1. The van der Waals surface area contributed by atoms with Crippen molar-refractivity contribution in [1.29, 1.82) is 0 Å². The van der Waals surface area contributed by atoms with Crippen LogP contribution in [0.2, 0.25) is 0 Å². The largest absolute Gasteiger partial charge is 0.335 e. The van der Waals surface area contributed by atoms with Crippen molar-refractivity contribution in [1.82, 2.24) is 20.0 Å². The molecule has 5 heteroatoms. The topological polar surface area (TPSA) is 50.2 Å². The molecule has 0 spiro atoms. The van der Waals surface area contributed by atoms with Gasteiger partial charge in [-0.15, -0.1) is 0 Å². The molecule has 17 heavy (non-hydrogen) atoms. The average Bonchev–Trinajstić information content (AvgIpc) is 2.86. The van der Waals surface area contributed by atoms with E-state index in [0.717, 1.165) is 31.6 Å². The molecular formula is C12H18N4O. The first-order valence-corrected chi connectivity index (χ1v) is 6.25. The molecule has 1 aromatic heterocycles. The zero-order valence-electron chi connectivity index (χ0n) is 10.1. The first kappa shape index (κ1) is 10.8. The summed E-state index contributed by atoms with van der Waals surface area (Å²) in [5.41, 5.74) is 0.972. The molecule has 0 aliphatic carbocycles. The molecule has 0 saturated carbocycles. The predicted octanol–water partition coefficient (Wildman–Crippen LogP) is 0.130. The average molecular weight is 234 g/mol. The Morgan fingerprint density at radius 2 is 2.47 bits per heavy atom. The molecule has 2 fully saturated rings. The van der Waals surface area contributed by atoms with Gasteiger partial charge < -0.3 is 10.2 Å². The van der Waals surface area contributed by atoms with E-state index in [1.807, 2.05) is 24.2 Å². The first-order chi connectivity index (χ1) is 8.24. The molecule has 1 aromatic rings. The fourth-order valence-corrected chi connectivity index (χ4v) is 2.89. The second-order valence-corrected chi connectivity index (χ2v) is 5.01. The minimum absolute atomic E-state index is 0.201. The van der Waals surface area contributed by atoms with Crippen LogP contribution in [0.1, 0.15) is 18.5 Å². The Morgan fingerprint density at radius 3 is 3.18 bits per heavy atom. The maximum atomic E-state index is 12.2. The van der Waals surface area contributed by atoms with Gasteiger partial charge in [-0.2, -0.15) is 5.10 Å². The summed E-state index contributed by atoms with van der Waals surface area (Å²) < 4.78 is 1.78. The van der Waals surface area contributed by atoms with Crippen LogP contribution in [0.4, 0.5) is 0 Å². The highest BCUT2D eigenvalue weighted by atomic mass is 16.2. The lowest BCUT2D eigenvalue weighted by molar-refractivity contribution is -0.132. The summed E-state index contributed by atoms with van der Waals surface area (Å²) in [6, 6.07) is 2.34. The van der Waals surface area contributed by atoms with Gasteiger partial charge in [0.25, 0.3) is 0 Å². The number of nitrogens with one attached hydrogen (secondary N) is 1. The Morgan fingerprint density at radius 1 is 1.59 bits per heavy atom. The lowest BCUT2D eigenvalue weighted by Crippen LogP contribution is -2.41. The third-order valence-corrected chi connectivity index (χ3v) is 3.75. The molecule has 5 nitrogen and oxygen atoms in total. The van der Waals surface area contributed by atoms with Crippen LogP contribution >= 0.6 is 0 Å². The lowest BCUT2D eigenvalue weighted by Gasteiger charge is -2.23. The van der Waals surface area contributed by atoms with E-state index >= 15 is 0 Å². The fraction of sp³-hybridized carbons (Fsp3) is 0.667. The van der Waals surface area contributed by atoms with Crippen molar-refractivity contribution >= 4 is 5.91 Å². The van der Waals surface area contributed by atoms with Gasteiger partial charge in [-0.25, -0.2) is 0 Å². The number of aromatic nitrogens is 2. The van der Waals surface area contributed by atoms with Crippen molar-refractivity contribution in [2.75, 3.05) is 13.1 Å². The highest BCUT2D eigenvalue weighted by Crippen LogP contribution is 2.27. The molecule has 3 rings (SSSR count). The number of rotatable bonds is 2. The van der Waals surface area contributed by atoms with Gasteiger partial charge in [0.1, 0.15) is 0 Å². The number of amides is 1. The second kappa shape index (κ2) is 4.14. The molecule has 0 radical (unpaired) electrons. The smallest absolute Gasteiger partial charge is 0.227 e. The van der Waals surface area contributed by atoms with Crippen LogP contribution in [0.3, 0.4) is 0 Å². The summed E-state index contributed by atoms with van der Waals surface area (Å²) in [6.07, 6.45) is 4.07. The number of carbonyl (C=O) groups excluding carboxylic acids is 1. The minimum atomic E-state index is 0.201. The summed E-state index contributed by atoms with van der Waals surface area (Å²) in [7, 11) is 1.90. The zero-order chi connectivity index (χ0) is 11.8. The molecule has 0 aromatic carbocycles. The van der Waals surface area contributed by atoms with Gasteiger partial charge in [-0.1, -0.05) is 0 Å². The molecule has 2 aliphatic rings. The van der Waals surface area contributed by atoms with Crippen molar-refractivity contribution in [2.24, 2.45) is 13.0 Å². The summed E-state index contributed by atoms with van der Waals surface area (Å²) in [4.78, 5) is 14.1. The van der Waals surface area contributed by atoms with Crippen molar-refractivity contribution in [2.45, 2.75) is 25.4 Å². The highest BCUT2D eigenvalue weighted by molar-refractivity contribution is 5.82. The van der Waals surface area contributed by atoms with Crippen LogP contribution in [0.5, 0.6) is 0 Å². The van der Waals surface area contributed by atoms with Gasteiger partial charge in [0.2, 0.25) is 5.91 Å². The van der Waals surface area contributed by atoms with E-state index in [0.29, 0.717) is 18.5 Å². The Kier molecular flexibility index (Phi) is 2.63. The Labute approximate surface area is 101 Å². The Hall–Kier alpha value is -1.36. The molecule has 3 heterocycles. The number of likely N-dealkylation sites (tertiary alicyclic amines) is 1. The number of fused-ring (bicyclic) bond motifs is 1. The molecule has 1 amide bonds. The van der Waals surface area contributed by atoms with E-state index in [1.54, 1.807) is 4.68 Å². The summed E-state index contributed by atoms with van der Waals surface area (Å²) in [5.74, 6) is 0.500. The molecule has 1 N–H and O–H groups in total. The van der Waals surface area contributed by atoms with E-state index in [2.05, 4.69) is 10.4 Å². The first-order valence-electron chi connectivity index (χ1n) is 6.25. The standard InChI is InChI=1S/C12H18N4O/c1-15-6-4-9(14-15)7-16-8-11-10(12(16)17)3-2-5-13-11/h4,6,10-11,13H,2-3,5,7-8H2,1H3. The van der Waals surface area contributed by atoms with E-state index < -0.39 is 0 Å². The number of hydrogen-bond donors (Lipinski definition) is 1. The van der Waals surface area contributed by atoms with Crippen LogP contribution < -0.4 is 5.32 Å². The Bertz CT molecular complexity index is 428. The molecule has 2 aliphatic heterocycles. The van der Waals surface area contributed by atoms with Crippen molar-refractivity contribution < 1.29 is 4.79 Å². The number of carbonyl (C=O) groups is 1. The van der Waals surface area contributed by atoms with Crippen LogP contribution in [-0.4, -0.2) is 39.7 Å². The second-order valence-electron chi connectivity index (χ2n) is 5.01. The fourth-order valence-electron chi connectivity index (χ4n) is 2.89. The molecule has 0 bridgehead atoms. The lowest BCUT2D eigenvalue weighted by atomic mass is 9.94. The van der Waals surface area contributed by atoms with E-state index in [4.69, 9.17) is 0 Å². The van der Waals surface area contributed by atoms with Crippen LogP contribution in [0.25, 0.3) is 0 Å². The van der Waals surface area contributed by atoms with Crippen LogP contribution in [-0.2, 0) is 18.4 Å². The summed E-state index contributed by atoms with van der Waals surface area (Å²) in [5, 5.41) is 7.77. The van der Waals surface area contributed by atoms with Crippen LogP contribution in [0, 0.1) is 5.92 Å². The van der Waals surface area contributed by atoms with Gasteiger partial charge in [-0.05, 0) is 25.5 Å². The summed E-state index contributed by atoms with van der Waals surface area (Å²) >= 11 is 0. The quantitative estimate of drug-likeness (QED) is 0.791. The summed E-state index contributed by atoms with van der Waals surface area (Å²) in [6.45, 7) is 2.53. The van der Waals surface area contributed by atoms with Gasteiger partial charge in [0.15, 0.2) is 0 Å². The van der Waals surface area contributed by atoms with Gasteiger partial charge in [0, 0.05) is 25.8 Å². The number of aryl methyl sites for hydroxylation is 1. The van der Waals surface area contributed by atoms with Gasteiger partial charge >= 0.3 is 0 Å². The number of nitrogens with zero attached hydrogens (tertiary/aromatic N) is 3. The maximum absolute atomic E-state index is 12.2. The van der Waals surface area contributed by atoms with Gasteiger partial charge in [0.05, 0.1) is 18.2 Å². The highest BCUT2D eigenvalue weighted by Gasteiger charge is 2.41. The van der Waals surface area contributed by atoms with Crippen molar-refractivity contribution in [3.05, 3.63) is 18.0 Å². The Balaban J connectivity index is 1.70. The molecule has 2 unspecified atom stereocenters. The minimum Gasteiger partial charge on any atom is -0.335 e. The normalized spacial score (nSPS) is 28.5.